The van der Waals surface area contributed by atoms with Crippen LogP contribution in [-0.2, 0) is 6.54 Å². The summed E-state index contributed by atoms with van der Waals surface area (Å²) in [5.74, 6) is 0. The van der Waals surface area contributed by atoms with Crippen molar-refractivity contribution in [3.63, 3.8) is 0 Å². The van der Waals surface area contributed by atoms with Crippen LogP contribution >= 0.6 is 0 Å². The lowest BCUT2D eigenvalue weighted by atomic mass is 10.2. The Morgan fingerprint density at radius 2 is 2.31 bits per heavy atom. The van der Waals surface area contributed by atoms with Gasteiger partial charge < -0.3 is 5.32 Å². The smallest absolute Gasteiger partial charge is 0.0312 e. The summed E-state index contributed by atoms with van der Waals surface area (Å²) in [6.45, 7) is 7.55. The fourth-order valence-corrected chi connectivity index (χ4v) is 1.58. The van der Waals surface area contributed by atoms with Gasteiger partial charge in [-0.15, -0.1) is 0 Å². The number of hydrogen-bond donors (Lipinski definition) is 1. The van der Waals surface area contributed by atoms with Crippen LogP contribution in [0.4, 0.5) is 0 Å². The van der Waals surface area contributed by atoms with E-state index in [0.29, 0.717) is 6.04 Å². The molecule has 3 nitrogen and oxygen atoms in total. The number of nitrogens with one attached hydrogen (secondary N) is 1. The van der Waals surface area contributed by atoms with Gasteiger partial charge in [-0.1, -0.05) is 13.0 Å². The highest BCUT2D eigenvalue weighted by molar-refractivity contribution is 5.08. The zero-order chi connectivity index (χ0) is 11.8. The van der Waals surface area contributed by atoms with Gasteiger partial charge in [0.15, 0.2) is 0 Å². The number of pyridine rings is 1. The first-order chi connectivity index (χ1) is 7.74. The summed E-state index contributed by atoms with van der Waals surface area (Å²) in [5, 5.41) is 3.44. The topological polar surface area (TPSA) is 28.2 Å². The molecule has 0 aromatic carbocycles. The molecule has 0 saturated carbocycles. The van der Waals surface area contributed by atoms with Crippen LogP contribution in [0.2, 0.25) is 0 Å². The van der Waals surface area contributed by atoms with Crippen LogP contribution in [0, 0.1) is 0 Å². The van der Waals surface area contributed by atoms with E-state index in [-0.39, 0.29) is 0 Å². The molecule has 0 spiro atoms. The molecule has 1 N–H and O–H groups in total. The maximum absolute atomic E-state index is 4.13. The Hall–Kier alpha value is -0.930. The van der Waals surface area contributed by atoms with Crippen molar-refractivity contribution in [3.8, 4) is 0 Å². The van der Waals surface area contributed by atoms with Crippen molar-refractivity contribution in [2.75, 3.05) is 20.1 Å². The fourth-order valence-electron chi connectivity index (χ4n) is 1.58. The molecule has 3 heteroatoms. The Bertz CT molecular complexity index is 274. The van der Waals surface area contributed by atoms with E-state index in [4.69, 9.17) is 0 Å². The normalized spacial score (nSPS) is 13.0. The van der Waals surface area contributed by atoms with E-state index in [1.54, 1.807) is 0 Å². The van der Waals surface area contributed by atoms with Crippen molar-refractivity contribution in [2.45, 2.75) is 32.9 Å². The standard InChI is InChI=1S/C13H23N3/c1-4-7-14-9-12(2)16(3)11-13-6-5-8-15-10-13/h5-6,8,10,12,14H,4,7,9,11H2,1-3H3. The first-order valence-corrected chi connectivity index (χ1v) is 6.04. The second-order valence-electron chi connectivity index (χ2n) is 4.33. The Labute approximate surface area is 98.9 Å². The number of likely N-dealkylation sites (N-methyl/N-ethyl adjacent to an activating group) is 1. The van der Waals surface area contributed by atoms with Gasteiger partial charge in [-0.05, 0) is 38.6 Å². The maximum atomic E-state index is 4.13. The molecule has 1 heterocycles. The molecule has 0 amide bonds. The molecular weight excluding hydrogens is 198 g/mol. The summed E-state index contributed by atoms with van der Waals surface area (Å²) in [6, 6.07) is 4.66. The second-order valence-corrected chi connectivity index (χ2v) is 4.33. The van der Waals surface area contributed by atoms with Gasteiger partial charge in [0, 0.05) is 31.5 Å². The highest BCUT2D eigenvalue weighted by atomic mass is 15.1. The van der Waals surface area contributed by atoms with E-state index < -0.39 is 0 Å². The third-order valence-corrected chi connectivity index (χ3v) is 2.77. The Balaban J connectivity index is 2.31. The maximum Gasteiger partial charge on any atom is 0.0312 e. The lowest BCUT2D eigenvalue weighted by Crippen LogP contribution is -2.37. The van der Waals surface area contributed by atoms with Gasteiger partial charge in [0.1, 0.15) is 0 Å². The molecular formula is C13H23N3. The Morgan fingerprint density at radius 3 is 2.94 bits per heavy atom. The van der Waals surface area contributed by atoms with Crippen LogP contribution in [0.5, 0.6) is 0 Å². The molecule has 1 rings (SSSR count). The molecule has 0 aliphatic rings. The van der Waals surface area contributed by atoms with Crippen molar-refractivity contribution in [1.82, 2.24) is 15.2 Å². The molecule has 0 aliphatic heterocycles. The number of aromatic nitrogens is 1. The average molecular weight is 221 g/mol. The summed E-state index contributed by atoms with van der Waals surface area (Å²) in [6.07, 6.45) is 4.94. The highest BCUT2D eigenvalue weighted by Gasteiger charge is 2.08. The van der Waals surface area contributed by atoms with Crippen LogP contribution in [0.3, 0.4) is 0 Å². The van der Waals surface area contributed by atoms with Gasteiger partial charge in [-0.25, -0.2) is 0 Å². The average Bonchev–Trinajstić information content (AvgIpc) is 2.30. The summed E-state index contributed by atoms with van der Waals surface area (Å²) in [7, 11) is 2.16. The molecule has 0 bridgehead atoms. The molecule has 90 valence electrons. The van der Waals surface area contributed by atoms with E-state index >= 15 is 0 Å². The quantitative estimate of drug-likeness (QED) is 0.713. The van der Waals surface area contributed by atoms with E-state index in [9.17, 15) is 0 Å². The predicted molar refractivity (Wildman–Crippen MR) is 68.3 cm³/mol. The van der Waals surface area contributed by atoms with Gasteiger partial charge in [0.2, 0.25) is 0 Å². The lowest BCUT2D eigenvalue weighted by Gasteiger charge is -2.24. The van der Waals surface area contributed by atoms with E-state index in [1.807, 2.05) is 18.5 Å². The minimum Gasteiger partial charge on any atom is -0.315 e. The van der Waals surface area contributed by atoms with Gasteiger partial charge in [-0.2, -0.15) is 0 Å². The predicted octanol–water partition coefficient (Wildman–Crippen LogP) is 1.90. The molecule has 1 atom stereocenters. The fraction of sp³-hybridized carbons (Fsp3) is 0.615. The first kappa shape index (κ1) is 13.1. The van der Waals surface area contributed by atoms with Gasteiger partial charge >= 0.3 is 0 Å². The van der Waals surface area contributed by atoms with Crippen molar-refractivity contribution in [3.05, 3.63) is 30.1 Å². The van der Waals surface area contributed by atoms with Gasteiger partial charge in [0.05, 0.1) is 0 Å². The monoisotopic (exact) mass is 221 g/mol. The van der Waals surface area contributed by atoms with E-state index in [1.165, 1.54) is 12.0 Å². The molecule has 0 saturated heterocycles. The lowest BCUT2D eigenvalue weighted by molar-refractivity contribution is 0.243. The van der Waals surface area contributed by atoms with E-state index in [0.717, 1.165) is 19.6 Å². The van der Waals surface area contributed by atoms with Crippen LogP contribution in [-0.4, -0.2) is 36.1 Å². The van der Waals surface area contributed by atoms with Crippen LogP contribution < -0.4 is 5.32 Å². The van der Waals surface area contributed by atoms with E-state index in [2.05, 4.69) is 42.2 Å². The van der Waals surface area contributed by atoms with Crippen LogP contribution in [0.1, 0.15) is 25.8 Å². The first-order valence-electron chi connectivity index (χ1n) is 6.04. The molecule has 1 aromatic rings. The van der Waals surface area contributed by atoms with Crippen molar-refractivity contribution in [2.24, 2.45) is 0 Å². The van der Waals surface area contributed by atoms with Crippen molar-refractivity contribution >= 4 is 0 Å². The SMILES string of the molecule is CCCNCC(C)N(C)Cc1cccnc1. The number of rotatable bonds is 7. The van der Waals surface area contributed by atoms with Gasteiger partial charge in [-0.3, -0.25) is 9.88 Å². The summed E-state index contributed by atoms with van der Waals surface area (Å²) in [5.41, 5.74) is 1.27. The third-order valence-electron chi connectivity index (χ3n) is 2.77. The molecule has 0 fully saturated rings. The third kappa shape index (κ3) is 4.73. The largest absolute Gasteiger partial charge is 0.315 e. The second kappa shape index (κ2) is 7.36. The minimum atomic E-state index is 0.548. The Morgan fingerprint density at radius 1 is 1.50 bits per heavy atom. The number of hydrogen-bond acceptors (Lipinski definition) is 3. The van der Waals surface area contributed by atoms with Gasteiger partial charge in [0.25, 0.3) is 0 Å². The summed E-state index contributed by atoms with van der Waals surface area (Å²) < 4.78 is 0. The minimum absolute atomic E-state index is 0.548. The number of nitrogens with zero attached hydrogens (tertiary/aromatic N) is 2. The summed E-state index contributed by atoms with van der Waals surface area (Å²) >= 11 is 0. The molecule has 16 heavy (non-hydrogen) atoms. The van der Waals surface area contributed by atoms with Crippen molar-refractivity contribution in [1.29, 1.82) is 0 Å². The molecule has 1 aromatic heterocycles. The molecule has 0 radical (unpaired) electrons. The van der Waals surface area contributed by atoms with Crippen LogP contribution in [0.25, 0.3) is 0 Å². The zero-order valence-corrected chi connectivity index (χ0v) is 10.6. The molecule has 0 aliphatic carbocycles. The highest BCUT2D eigenvalue weighted by Crippen LogP contribution is 2.03. The zero-order valence-electron chi connectivity index (χ0n) is 10.6. The van der Waals surface area contributed by atoms with Crippen LogP contribution in [0.15, 0.2) is 24.5 Å². The summed E-state index contributed by atoms with van der Waals surface area (Å²) in [4.78, 5) is 6.48. The molecule has 1 unspecified atom stereocenters. The van der Waals surface area contributed by atoms with Crippen molar-refractivity contribution < 1.29 is 0 Å². The Kier molecular flexibility index (Phi) is 6.04.